The molecule has 0 aliphatic rings. The number of hydrogen-bond donors (Lipinski definition) is 1. The van der Waals surface area contributed by atoms with Gasteiger partial charge in [-0.1, -0.05) is 18.2 Å². The number of nitrogens with zero attached hydrogens (tertiary/aromatic N) is 1. The van der Waals surface area contributed by atoms with Crippen LogP contribution in [-0.2, 0) is 16.0 Å². The van der Waals surface area contributed by atoms with E-state index < -0.39 is 6.10 Å². The van der Waals surface area contributed by atoms with Crippen molar-refractivity contribution in [2.75, 3.05) is 34.8 Å². The molecule has 1 N–H and O–H groups in total. The number of para-hydroxylation sites is 1. The van der Waals surface area contributed by atoms with E-state index in [0.717, 1.165) is 10.9 Å². The van der Waals surface area contributed by atoms with Crippen LogP contribution in [0.15, 0.2) is 28.7 Å². The molecule has 1 heterocycles. The highest BCUT2D eigenvalue weighted by Gasteiger charge is 2.22. The number of fused-ring (bicyclic) bond motifs is 1. The number of hydrogen-bond acceptors (Lipinski definition) is 4. The number of likely N-dealkylation sites (N-methyl/N-ethyl adjacent to an activating group) is 1. The van der Waals surface area contributed by atoms with E-state index >= 15 is 0 Å². The van der Waals surface area contributed by atoms with Crippen LogP contribution in [0.25, 0.3) is 11.0 Å². The molecule has 0 spiro atoms. The van der Waals surface area contributed by atoms with Crippen molar-refractivity contribution in [3.8, 4) is 0 Å². The Morgan fingerprint density at radius 3 is 2.71 bits per heavy atom. The summed E-state index contributed by atoms with van der Waals surface area (Å²) in [6.07, 6.45) is -0.518. The lowest BCUT2D eigenvalue weighted by Crippen LogP contribution is -2.38. The molecule has 1 atom stereocenters. The molecule has 1 aromatic carbocycles. The van der Waals surface area contributed by atoms with Crippen molar-refractivity contribution in [2.45, 2.75) is 12.5 Å². The predicted octanol–water partition coefficient (Wildman–Crippen LogP) is 1.89. The molecule has 21 heavy (non-hydrogen) atoms. The number of benzene rings is 1. The van der Waals surface area contributed by atoms with Crippen LogP contribution < -0.4 is 0 Å². The van der Waals surface area contributed by atoms with Crippen molar-refractivity contribution in [3.63, 3.8) is 0 Å². The summed E-state index contributed by atoms with van der Waals surface area (Å²) < 4.78 is 11.1. The molecule has 114 valence electrons. The van der Waals surface area contributed by atoms with E-state index in [0.29, 0.717) is 22.4 Å². The van der Waals surface area contributed by atoms with E-state index in [1.807, 2.05) is 45.4 Å². The van der Waals surface area contributed by atoms with Gasteiger partial charge in [0.15, 0.2) is 6.10 Å². The highest BCUT2D eigenvalue weighted by molar-refractivity contribution is 5.85. The quantitative estimate of drug-likeness (QED) is 0.675. The fraction of sp³-hybridized carbons (Fsp3) is 0.438. The van der Waals surface area contributed by atoms with Gasteiger partial charge in [0.25, 0.3) is 0 Å². The van der Waals surface area contributed by atoms with Crippen LogP contribution in [0.1, 0.15) is 17.4 Å². The van der Waals surface area contributed by atoms with Crippen molar-refractivity contribution in [3.05, 3.63) is 35.6 Å². The normalized spacial score (nSPS) is 13.4. The number of methoxy groups -OCH3 is 1. The van der Waals surface area contributed by atoms with E-state index in [9.17, 15) is 9.90 Å². The van der Waals surface area contributed by atoms with Gasteiger partial charge in [0.1, 0.15) is 17.9 Å². The summed E-state index contributed by atoms with van der Waals surface area (Å²) in [5.74, 6) is 0.211. The molecule has 0 saturated heterocycles. The fourth-order valence-electron chi connectivity index (χ4n) is 2.28. The molecule has 0 saturated carbocycles. The number of rotatable bonds is 5. The largest absolute Gasteiger partial charge is 0.469 e. The van der Waals surface area contributed by atoms with E-state index in [-0.39, 0.29) is 12.4 Å². The molecule has 2 aromatic rings. The minimum atomic E-state index is -0.677. The molecule has 1 unspecified atom stereocenters. The number of furan rings is 1. The van der Waals surface area contributed by atoms with Crippen molar-refractivity contribution in [1.29, 1.82) is 0 Å². The highest BCUT2D eigenvalue weighted by atomic mass is 16.5. The third-order valence-electron chi connectivity index (χ3n) is 3.26. The van der Waals surface area contributed by atoms with Crippen LogP contribution in [0.2, 0.25) is 0 Å². The number of aliphatic hydroxyl groups excluding tert-OH is 1. The summed E-state index contributed by atoms with van der Waals surface area (Å²) in [5, 5.41) is 11.2. The van der Waals surface area contributed by atoms with Gasteiger partial charge in [-0.05, 0) is 6.07 Å². The first-order valence-corrected chi connectivity index (χ1v) is 6.87. The van der Waals surface area contributed by atoms with Crippen molar-refractivity contribution in [1.82, 2.24) is 0 Å². The summed E-state index contributed by atoms with van der Waals surface area (Å²) in [6.45, 7) is 0.548. The van der Waals surface area contributed by atoms with Crippen molar-refractivity contribution >= 4 is 16.9 Å². The lowest BCUT2D eigenvalue weighted by Gasteiger charge is -2.25. The third-order valence-corrected chi connectivity index (χ3v) is 3.26. The first kappa shape index (κ1) is 15.5. The average Bonchev–Trinajstić information content (AvgIpc) is 2.81. The van der Waals surface area contributed by atoms with Crippen molar-refractivity contribution in [2.24, 2.45) is 0 Å². The van der Waals surface area contributed by atoms with Gasteiger partial charge in [-0.15, -0.1) is 0 Å². The van der Waals surface area contributed by atoms with Crippen LogP contribution in [0.5, 0.6) is 0 Å². The van der Waals surface area contributed by atoms with Crippen LogP contribution in [0, 0.1) is 0 Å². The lowest BCUT2D eigenvalue weighted by molar-refractivity contribution is -0.874. The number of esters is 1. The van der Waals surface area contributed by atoms with Crippen molar-refractivity contribution < 1.29 is 23.5 Å². The zero-order chi connectivity index (χ0) is 15.6. The number of ether oxygens (including phenoxy) is 1. The Morgan fingerprint density at radius 1 is 1.38 bits per heavy atom. The number of aliphatic hydroxyl groups is 1. The van der Waals surface area contributed by atoms with Gasteiger partial charge in [-0.25, -0.2) is 0 Å². The summed E-state index contributed by atoms with van der Waals surface area (Å²) in [7, 11) is 7.39. The molecule has 2 rings (SSSR count). The molecule has 5 nitrogen and oxygen atoms in total. The predicted molar refractivity (Wildman–Crippen MR) is 79.8 cm³/mol. The molecule has 0 amide bonds. The SMILES string of the molecule is COC(=O)Cc1cccc2cc(C(O)C[N+](C)(C)C)oc12. The molecule has 1 aromatic heterocycles. The number of carbonyl (C=O) groups is 1. The highest BCUT2D eigenvalue weighted by Crippen LogP contribution is 2.28. The van der Waals surface area contributed by atoms with E-state index in [4.69, 9.17) is 9.15 Å². The molecular weight excluding hydrogens is 270 g/mol. The Bertz CT molecular complexity index is 639. The first-order valence-electron chi connectivity index (χ1n) is 6.87. The van der Waals surface area contributed by atoms with E-state index in [1.54, 1.807) is 0 Å². The Balaban J connectivity index is 2.33. The zero-order valence-corrected chi connectivity index (χ0v) is 12.9. The summed E-state index contributed by atoms with van der Waals surface area (Å²) >= 11 is 0. The summed E-state index contributed by atoms with van der Waals surface area (Å²) in [4.78, 5) is 11.4. The maximum atomic E-state index is 11.4. The van der Waals surface area contributed by atoms with E-state index in [2.05, 4.69) is 0 Å². The maximum absolute atomic E-state index is 11.4. The standard InChI is InChI=1S/C16H22NO4/c1-17(2,3)10-13(18)14-8-11-6-5-7-12(16(11)21-14)9-15(19)20-4/h5-8,13,18H,9-10H2,1-4H3/q+1. The second kappa shape index (κ2) is 5.87. The van der Waals surface area contributed by atoms with Crippen LogP contribution in [0.3, 0.4) is 0 Å². The van der Waals surface area contributed by atoms with Gasteiger partial charge in [-0.2, -0.15) is 0 Å². The second-order valence-corrected chi connectivity index (χ2v) is 6.23. The van der Waals surface area contributed by atoms with Crippen LogP contribution in [-0.4, -0.2) is 50.4 Å². The number of quaternary nitrogens is 1. The molecule has 0 aliphatic heterocycles. The molecule has 0 bridgehead atoms. The van der Waals surface area contributed by atoms with Gasteiger partial charge < -0.3 is 18.7 Å². The molecule has 0 fully saturated rings. The smallest absolute Gasteiger partial charge is 0.310 e. The Labute approximate surface area is 124 Å². The summed E-state index contributed by atoms with van der Waals surface area (Å²) in [5.41, 5.74) is 1.40. The zero-order valence-electron chi connectivity index (χ0n) is 12.9. The minimum Gasteiger partial charge on any atom is -0.469 e. The number of carbonyl (C=O) groups excluding carboxylic acids is 1. The van der Waals surface area contributed by atoms with Crippen LogP contribution >= 0.6 is 0 Å². The topological polar surface area (TPSA) is 59.7 Å². The van der Waals surface area contributed by atoms with Gasteiger partial charge in [0.05, 0.1) is 34.7 Å². The fourth-order valence-corrected chi connectivity index (χ4v) is 2.28. The Morgan fingerprint density at radius 2 is 2.10 bits per heavy atom. The van der Waals surface area contributed by atoms with Gasteiger partial charge in [0.2, 0.25) is 0 Å². The Kier molecular flexibility index (Phi) is 4.34. The third kappa shape index (κ3) is 3.83. The monoisotopic (exact) mass is 292 g/mol. The average molecular weight is 292 g/mol. The van der Waals surface area contributed by atoms with Gasteiger partial charge in [-0.3, -0.25) is 4.79 Å². The minimum absolute atomic E-state index is 0.159. The van der Waals surface area contributed by atoms with Crippen LogP contribution in [0.4, 0.5) is 0 Å². The molecule has 0 aliphatic carbocycles. The summed E-state index contributed by atoms with van der Waals surface area (Å²) in [6, 6.07) is 7.43. The van der Waals surface area contributed by atoms with Gasteiger partial charge in [0, 0.05) is 10.9 Å². The lowest BCUT2D eigenvalue weighted by atomic mass is 10.1. The maximum Gasteiger partial charge on any atom is 0.310 e. The molecular formula is C16H22NO4+. The van der Waals surface area contributed by atoms with E-state index in [1.165, 1.54) is 7.11 Å². The van der Waals surface area contributed by atoms with Gasteiger partial charge >= 0.3 is 5.97 Å². The molecule has 5 heteroatoms. The molecule has 0 radical (unpaired) electrons. The first-order chi connectivity index (χ1) is 9.80. The Hall–Kier alpha value is -1.85. The second-order valence-electron chi connectivity index (χ2n) is 6.23.